The number of hydrogen-bond donors (Lipinski definition) is 0. The summed E-state index contributed by atoms with van der Waals surface area (Å²) in [6.07, 6.45) is 0. The summed E-state index contributed by atoms with van der Waals surface area (Å²) in [5.41, 5.74) is 12.4. The lowest BCUT2D eigenvalue weighted by atomic mass is 9.34. The molecule has 49 heavy (non-hydrogen) atoms. The molecule has 9 rings (SSSR count). The van der Waals surface area contributed by atoms with Gasteiger partial charge in [-0.05, 0) is 78.4 Å². The van der Waals surface area contributed by atoms with Crippen molar-refractivity contribution in [3.8, 4) is 23.0 Å². The largest absolute Gasteiger partial charge is 0.458 e. The van der Waals surface area contributed by atoms with Gasteiger partial charge >= 0.3 is 0 Å². The molecule has 4 heteroatoms. The predicted molar refractivity (Wildman–Crippen MR) is 202 cm³/mol. The average molecular weight is 632 g/mol. The molecule has 234 valence electrons. The summed E-state index contributed by atoms with van der Waals surface area (Å²) in [5.74, 6) is 3.36. The van der Waals surface area contributed by atoms with E-state index in [9.17, 15) is 0 Å². The van der Waals surface area contributed by atoms with E-state index in [4.69, 9.17) is 9.47 Å². The van der Waals surface area contributed by atoms with E-state index in [-0.39, 0.29) is 12.6 Å². The molecule has 0 saturated heterocycles. The Morgan fingerprint density at radius 1 is 0.490 bits per heavy atom. The molecule has 2 aliphatic heterocycles. The highest BCUT2D eigenvalue weighted by Crippen LogP contribution is 2.50. The van der Waals surface area contributed by atoms with Crippen LogP contribution in [0.2, 0.25) is 0 Å². The van der Waals surface area contributed by atoms with Crippen LogP contribution in [0.4, 0.5) is 17.1 Å². The van der Waals surface area contributed by atoms with Crippen LogP contribution in [-0.2, 0) is 0 Å². The second kappa shape index (κ2) is 11.9. The van der Waals surface area contributed by atoms with E-state index in [0.717, 1.165) is 62.0 Å². The van der Waals surface area contributed by atoms with Gasteiger partial charge in [-0.3, -0.25) is 0 Å². The Morgan fingerprint density at radius 2 is 0.939 bits per heavy atom. The smallest absolute Gasteiger partial charge is 0.260 e. The summed E-state index contributed by atoms with van der Waals surface area (Å²) in [4.78, 5) is 2.33. The molecule has 0 amide bonds. The number of ether oxygens (including phenoxy) is 2. The summed E-state index contributed by atoms with van der Waals surface area (Å²) < 4.78 is 14.2. The van der Waals surface area contributed by atoms with E-state index >= 15 is 0 Å². The monoisotopic (exact) mass is 631 g/mol. The number of para-hydroxylation sites is 2. The standard InChI is InChI=1S/C45H34BNO2/c1-30-23-25-40-37(27-30)46-38-28-31(2)24-26-41(38)49-45-39(47(34-19-11-5-12-20-34)35-21-13-6-14-22-35)29-36(44(48-40)43(45)46)42(32-15-7-3-8-16-32)33-17-9-4-10-18-33/h3-29,42H,1-2H3. The first-order valence-corrected chi connectivity index (χ1v) is 16.9. The van der Waals surface area contributed by atoms with E-state index in [0.29, 0.717) is 0 Å². The summed E-state index contributed by atoms with van der Waals surface area (Å²) in [5, 5.41) is 0. The van der Waals surface area contributed by atoms with Gasteiger partial charge in [-0.25, -0.2) is 0 Å². The number of fused-ring (bicyclic) bond motifs is 4. The van der Waals surface area contributed by atoms with Crippen molar-refractivity contribution in [1.82, 2.24) is 0 Å². The third-order valence-corrected chi connectivity index (χ3v) is 9.79. The lowest BCUT2D eigenvalue weighted by Crippen LogP contribution is -2.58. The van der Waals surface area contributed by atoms with Crippen molar-refractivity contribution in [2.24, 2.45) is 0 Å². The van der Waals surface area contributed by atoms with Crippen LogP contribution in [0.15, 0.2) is 164 Å². The van der Waals surface area contributed by atoms with E-state index in [1.165, 1.54) is 22.3 Å². The van der Waals surface area contributed by atoms with Crippen LogP contribution in [0.25, 0.3) is 0 Å². The topological polar surface area (TPSA) is 21.7 Å². The number of aryl methyl sites for hydroxylation is 2. The van der Waals surface area contributed by atoms with E-state index < -0.39 is 0 Å². The lowest BCUT2D eigenvalue weighted by Gasteiger charge is -2.38. The minimum Gasteiger partial charge on any atom is -0.458 e. The van der Waals surface area contributed by atoms with E-state index in [2.05, 4.69) is 183 Å². The second-order valence-corrected chi connectivity index (χ2v) is 13.0. The maximum Gasteiger partial charge on any atom is 0.260 e. The molecular formula is C45H34BNO2. The van der Waals surface area contributed by atoms with Gasteiger partial charge in [0.25, 0.3) is 6.71 Å². The van der Waals surface area contributed by atoms with Gasteiger partial charge in [-0.1, -0.05) is 132 Å². The molecule has 2 heterocycles. The molecule has 0 fully saturated rings. The zero-order valence-corrected chi connectivity index (χ0v) is 27.5. The molecule has 7 aromatic rings. The molecule has 0 bridgehead atoms. The Bertz CT molecular complexity index is 2070. The third kappa shape index (κ3) is 5.00. The average Bonchev–Trinajstić information content (AvgIpc) is 3.15. The zero-order valence-electron chi connectivity index (χ0n) is 27.5. The fraction of sp³-hybridized carbons (Fsp3) is 0.0667. The highest BCUT2D eigenvalue weighted by atomic mass is 16.5. The van der Waals surface area contributed by atoms with Crippen molar-refractivity contribution < 1.29 is 9.47 Å². The fourth-order valence-corrected chi connectivity index (χ4v) is 7.63. The van der Waals surface area contributed by atoms with Gasteiger partial charge in [0.05, 0.1) is 5.69 Å². The van der Waals surface area contributed by atoms with Crippen LogP contribution in [0.3, 0.4) is 0 Å². The number of rotatable bonds is 6. The van der Waals surface area contributed by atoms with Gasteiger partial charge in [-0.15, -0.1) is 0 Å². The first-order valence-electron chi connectivity index (χ1n) is 16.9. The molecule has 0 N–H and O–H groups in total. The molecule has 0 spiro atoms. The van der Waals surface area contributed by atoms with E-state index in [1.807, 2.05) is 0 Å². The third-order valence-electron chi connectivity index (χ3n) is 9.79. The first-order chi connectivity index (χ1) is 24.1. The van der Waals surface area contributed by atoms with Crippen LogP contribution >= 0.6 is 0 Å². The Kier molecular flexibility index (Phi) is 7.09. The van der Waals surface area contributed by atoms with Crippen LogP contribution in [0.1, 0.15) is 33.7 Å². The highest BCUT2D eigenvalue weighted by molar-refractivity contribution is 6.98. The van der Waals surface area contributed by atoms with Crippen LogP contribution < -0.4 is 30.8 Å². The van der Waals surface area contributed by atoms with Crippen molar-refractivity contribution in [3.05, 3.63) is 192 Å². The number of anilines is 3. The Labute approximate surface area is 288 Å². The lowest BCUT2D eigenvalue weighted by molar-refractivity contribution is 0.460. The Balaban J connectivity index is 1.42. The highest BCUT2D eigenvalue weighted by Gasteiger charge is 2.44. The first kappa shape index (κ1) is 29.2. The summed E-state index contributed by atoms with van der Waals surface area (Å²) >= 11 is 0. The van der Waals surface area contributed by atoms with Crippen molar-refractivity contribution in [1.29, 1.82) is 0 Å². The van der Waals surface area contributed by atoms with Gasteiger partial charge < -0.3 is 14.4 Å². The minimum absolute atomic E-state index is 0.0726. The molecule has 0 saturated carbocycles. The van der Waals surface area contributed by atoms with Gasteiger partial charge in [0.1, 0.15) is 23.0 Å². The van der Waals surface area contributed by atoms with Crippen molar-refractivity contribution in [3.63, 3.8) is 0 Å². The summed E-state index contributed by atoms with van der Waals surface area (Å²) in [6.45, 7) is 4.24. The summed E-state index contributed by atoms with van der Waals surface area (Å²) in [7, 11) is 0. The quantitative estimate of drug-likeness (QED) is 0.135. The molecule has 2 aliphatic rings. The number of hydrogen-bond acceptors (Lipinski definition) is 3. The van der Waals surface area contributed by atoms with Crippen molar-refractivity contribution >= 4 is 40.2 Å². The molecule has 0 radical (unpaired) electrons. The molecule has 0 unspecified atom stereocenters. The van der Waals surface area contributed by atoms with Crippen LogP contribution in [0.5, 0.6) is 23.0 Å². The Morgan fingerprint density at radius 3 is 1.43 bits per heavy atom. The van der Waals surface area contributed by atoms with Gasteiger partial charge in [-0.2, -0.15) is 0 Å². The minimum atomic E-state index is -0.0959. The molecule has 0 aliphatic carbocycles. The predicted octanol–water partition coefficient (Wildman–Crippen LogP) is 9.68. The SMILES string of the molecule is Cc1ccc2c(c1)B1c3cc(C)ccc3Oc3c(N(c4ccccc4)c4ccccc4)cc(C(c4ccccc4)c4ccccc4)c(c31)O2. The molecular weight excluding hydrogens is 597 g/mol. The molecule has 0 aromatic heterocycles. The van der Waals surface area contributed by atoms with E-state index in [1.54, 1.807) is 0 Å². The Hall–Kier alpha value is -6.00. The van der Waals surface area contributed by atoms with Crippen LogP contribution in [0, 0.1) is 13.8 Å². The van der Waals surface area contributed by atoms with Gasteiger partial charge in [0, 0.05) is 28.3 Å². The van der Waals surface area contributed by atoms with Crippen molar-refractivity contribution in [2.45, 2.75) is 19.8 Å². The zero-order chi connectivity index (χ0) is 32.9. The number of benzene rings is 7. The number of nitrogens with zero attached hydrogens (tertiary/aromatic N) is 1. The van der Waals surface area contributed by atoms with Gasteiger partial charge in [0.2, 0.25) is 0 Å². The maximum absolute atomic E-state index is 7.13. The molecule has 3 nitrogen and oxygen atoms in total. The summed E-state index contributed by atoms with van der Waals surface area (Å²) in [6, 6.07) is 58.2. The van der Waals surface area contributed by atoms with Gasteiger partial charge in [0.15, 0.2) is 0 Å². The fourth-order valence-electron chi connectivity index (χ4n) is 7.63. The van der Waals surface area contributed by atoms with Crippen molar-refractivity contribution in [2.75, 3.05) is 4.90 Å². The maximum atomic E-state index is 7.13. The normalized spacial score (nSPS) is 12.3. The molecule has 0 atom stereocenters. The second-order valence-electron chi connectivity index (χ2n) is 13.0. The molecule has 7 aromatic carbocycles. The van der Waals surface area contributed by atoms with Crippen LogP contribution in [-0.4, -0.2) is 6.71 Å².